The van der Waals surface area contributed by atoms with Gasteiger partial charge >= 0.3 is 0 Å². The van der Waals surface area contributed by atoms with Gasteiger partial charge in [0.2, 0.25) is 0 Å². The monoisotopic (exact) mass is 306 g/mol. The molecule has 0 aromatic carbocycles. The van der Waals surface area contributed by atoms with Crippen molar-refractivity contribution in [2.45, 2.75) is 50.5 Å². The molecule has 0 unspecified atom stereocenters. The molecule has 5 nitrogen and oxygen atoms in total. The van der Waals surface area contributed by atoms with Crippen LogP contribution in [0.25, 0.3) is 0 Å². The molecule has 1 heterocycles. The summed E-state index contributed by atoms with van der Waals surface area (Å²) >= 11 is 0. The molecule has 0 spiro atoms. The van der Waals surface area contributed by atoms with E-state index in [2.05, 4.69) is 10.3 Å². The van der Waals surface area contributed by atoms with Crippen molar-refractivity contribution < 1.29 is 13.2 Å². The summed E-state index contributed by atoms with van der Waals surface area (Å²) in [5.74, 6) is -0.322. The predicted octanol–water partition coefficient (Wildman–Crippen LogP) is 2.64. The van der Waals surface area contributed by atoms with Gasteiger partial charge in [0, 0.05) is 22.4 Å². The van der Waals surface area contributed by atoms with E-state index in [1.165, 1.54) is 12.3 Å². The quantitative estimate of drug-likeness (QED) is 0.793. The number of hydrogen-bond donors (Lipinski definition) is 2. The summed E-state index contributed by atoms with van der Waals surface area (Å²) in [6.45, 7) is 6.03. The van der Waals surface area contributed by atoms with Gasteiger partial charge in [-0.05, 0) is 25.3 Å². The minimum absolute atomic E-state index is 0.102. The van der Waals surface area contributed by atoms with Crippen molar-refractivity contribution in [2.24, 2.45) is 0 Å². The van der Waals surface area contributed by atoms with Gasteiger partial charge in [-0.3, -0.25) is 4.79 Å². The van der Waals surface area contributed by atoms with Gasteiger partial charge in [0.1, 0.15) is 10.6 Å². The van der Waals surface area contributed by atoms with E-state index < -0.39 is 9.05 Å². The lowest BCUT2D eigenvalue weighted by Gasteiger charge is -2.31. The molecule has 0 saturated heterocycles. The summed E-state index contributed by atoms with van der Waals surface area (Å²) < 4.78 is 22.3. The molecule has 0 saturated carbocycles. The van der Waals surface area contributed by atoms with Gasteiger partial charge in [-0.2, -0.15) is 0 Å². The van der Waals surface area contributed by atoms with Crippen LogP contribution >= 0.6 is 10.7 Å². The molecule has 0 bridgehead atoms. The third-order valence-electron chi connectivity index (χ3n) is 3.59. The Bertz CT molecular complexity index is 539. The smallest absolute Gasteiger partial charge is 0.268 e. The summed E-state index contributed by atoms with van der Waals surface area (Å²) in [4.78, 5) is 14.6. The maximum Gasteiger partial charge on any atom is 0.268 e. The van der Waals surface area contributed by atoms with Crippen LogP contribution in [0.15, 0.2) is 17.2 Å². The number of carbonyl (C=O) groups excluding carboxylic acids is 1. The van der Waals surface area contributed by atoms with Crippen LogP contribution in [0.2, 0.25) is 0 Å². The second kappa shape index (κ2) is 5.96. The molecule has 0 aliphatic carbocycles. The molecular formula is C12H19ClN2O3S. The molecule has 1 amide bonds. The minimum atomic E-state index is -3.81. The molecule has 19 heavy (non-hydrogen) atoms. The number of aromatic nitrogens is 1. The third kappa shape index (κ3) is 3.73. The van der Waals surface area contributed by atoms with E-state index in [9.17, 15) is 13.2 Å². The summed E-state index contributed by atoms with van der Waals surface area (Å²) in [7, 11) is 1.40. The molecule has 1 rings (SSSR count). The highest BCUT2D eigenvalue weighted by molar-refractivity contribution is 8.13. The third-order valence-corrected chi connectivity index (χ3v) is 4.93. The van der Waals surface area contributed by atoms with Crippen molar-refractivity contribution >= 4 is 25.6 Å². The minimum Gasteiger partial charge on any atom is -0.356 e. The Labute approximate surface area is 118 Å². The number of rotatable bonds is 6. The predicted molar refractivity (Wildman–Crippen MR) is 74.9 cm³/mol. The second-order valence-electron chi connectivity index (χ2n) is 4.48. The SMILES string of the molecule is CCC(CC)(CC)NC(=O)c1cc(S(=O)(=O)Cl)c[nH]1. The molecule has 0 radical (unpaired) electrons. The van der Waals surface area contributed by atoms with Crippen molar-refractivity contribution in [3.05, 3.63) is 18.0 Å². The summed E-state index contributed by atoms with van der Waals surface area (Å²) in [5, 5.41) is 2.95. The van der Waals surface area contributed by atoms with Gasteiger partial charge in [0.25, 0.3) is 15.0 Å². The van der Waals surface area contributed by atoms with E-state index in [4.69, 9.17) is 10.7 Å². The lowest BCUT2D eigenvalue weighted by atomic mass is 9.89. The highest BCUT2D eigenvalue weighted by Crippen LogP contribution is 2.21. The number of amides is 1. The van der Waals surface area contributed by atoms with Crippen LogP contribution in [0, 0.1) is 0 Å². The first-order valence-corrected chi connectivity index (χ1v) is 8.54. The molecule has 1 aromatic rings. The van der Waals surface area contributed by atoms with Crippen LogP contribution < -0.4 is 5.32 Å². The average Bonchev–Trinajstić information content (AvgIpc) is 2.85. The molecule has 2 N–H and O–H groups in total. The first-order chi connectivity index (χ1) is 8.78. The van der Waals surface area contributed by atoms with Crippen LogP contribution in [-0.2, 0) is 9.05 Å². The Kier molecular flexibility index (Phi) is 5.04. The zero-order valence-electron chi connectivity index (χ0n) is 11.3. The van der Waals surface area contributed by atoms with Crippen LogP contribution in [0.5, 0.6) is 0 Å². The number of hydrogen-bond acceptors (Lipinski definition) is 3. The molecule has 7 heteroatoms. The maximum atomic E-state index is 12.1. The summed E-state index contributed by atoms with van der Waals surface area (Å²) in [5.41, 5.74) is -0.0682. The van der Waals surface area contributed by atoms with Gasteiger partial charge < -0.3 is 10.3 Å². The number of halogens is 1. The molecule has 0 fully saturated rings. The zero-order valence-corrected chi connectivity index (χ0v) is 12.9. The maximum absolute atomic E-state index is 12.1. The highest BCUT2D eigenvalue weighted by Gasteiger charge is 2.27. The van der Waals surface area contributed by atoms with Crippen molar-refractivity contribution in [1.82, 2.24) is 10.3 Å². The second-order valence-corrected chi connectivity index (χ2v) is 7.05. The van der Waals surface area contributed by atoms with E-state index >= 15 is 0 Å². The lowest BCUT2D eigenvalue weighted by Crippen LogP contribution is -2.47. The number of nitrogens with one attached hydrogen (secondary N) is 2. The van der Waals surface area contributed by atoms with Gasteiger partial charge in [0.05, 0.1) is 0 Å². The zero-order chi connectivity index (χ0) is 14.7. The normalized spacial score (nSPS) is 12.4. The fourth-order valence-electron chi connectivity index (χ4n) is 1.97. The topological polar surface area (TPSA) is 79.0 Å². The van der Waals surface area contributed by atoms with E-state index in [1.807, 2.05) is 20.8 Å². The van der Waals surface area contributed by atoms with Gasteiger partial charge in [0.15, 0.2) is 0 Å². The van der Waals surface area contributed by atoms with Crippen LogP contribution in [-0.4, -0.2) is 24.8 Å². The van der Waals surface area contributed by atoms with Crippen molar-refractivity contribution in [3.63, 3.8) is 0 Å². The Morgan fingerprint density at radius 1 is 1.32 bits per heavy atom. The Morgan fingerprint density at radius 2 is 1.84 bits per heavy atom. The molecular weight excluding hydrogens is 288 g/mol. The van der Waals surface area contributed by atoms with E-state index in [1.54, 1.807) is 0 Å². The van der Waals surface area contributed by atoms with Crippen LogP contribution in [0.3, 0.4) is 0 Å². The largest absolute Gasteiger partial charge is 0.356 e. The van der Waals surface area contributed by atoms with Crippen LogP contribution in [0.1, 0.15) is 50.5 Å². The van der Waals surface area contributed by atoms with Gasteiger partial charge in [-0.25, -0.2) is 8.42 Å². The fraction of sp³-hybridized carbons (Fsp3) is 0.583. The first kappa shape index (κ1) is 16.0. The molecule has 0 aliphatic rings. The standard InChI is InChI=1S/C12H19ClN2O3S/c1-4-12(5-2,6-3)15-11(16)10-7-9(8-14-10)19(13,17)18/h7-8,14H,4-6H2,1-3H3,(H,15,16). The number of H-pyrrole nitrogens is 1. The molecule has 0 atom stereocenters. The highest BCUT2D eigenvalue weighted by atomic mass is 35.7. The lowest BCUT2D eigenvalue weighted by molar-refractivity contribution is 0.0883. The van der Waals surface area contributed by atoms with Crippen molar-refractivity contribution in [3.8, 4) is 0 Å². The van der Waals surface area contributed by atoms with E-state index in [0.717, 1.165) is 19.3 Å². The van der Waals surface area contributed by atoms with Crippen molar-refractivity contribution in [2.75, 3.05) is 0 Å². The van der Waals surface area contributed by atoms with Gasteiger partial charge in [-0.15, -0.1) is 0 Å². The first-order valence-electron chi connectivity index (χ1n) is 6.23. The molecule has 108 valence electrons. The van der Waals surface area contributed by atoms with Crippen LogP contribution in [0.4, 0.5) is 0 Å². The Balaban J connectivity index is 2.93. The van der Waals surface area contributed by atoms with E-state index in [-0.39, 0.29) is 22.0 Å². The van der Waals surface area contributed by atoms with E-state index in [0.29, 0.717) is 0 Å². The Morgan fingerprint density at radius 3 is 2.21 bits per heavy atom. The summed E-state index contributed by atoms with van der Waals surface area (Å²) in [6.07, 6.45) is 3.65. The van der Waals surface area contributed by atoms with Crippen molar-refractivity contribution in [1.29, 1.82) is 0 Å². The molecule has 1 aromatic heterocycles. The average molecular weight is 307 g/mol. The molecule has 0 aliphatic heterocycles. The summed E-state index contributed by atoms with van der Waals surface area (Å²) in [6, 6.07) is 1.24. The number of carbonyl (C=O) groups is 1. The van der Waals surface area contributed by atoms with Gasteiger partial charge in [-0.1, -0.05) is 20.8 Å². The Hall–Kier alpha value is -1.01. The number of aromatic amines is 1. The fourth-order valence-corrected chi connectivity index (χ4v) is 2.70.